The van der Waals surface area contributed by atoms with Crippen LogP contribution in [0.25, 0.3) is 0 Å². The number of nitrogens with zero attached hydrogens (tertiary/aromatic N) is 1. The van der Waals surface area contributed by atoms with E-state index >= 15 is 0 Å². The van der Waals surface area contributed by atoms with Crippen molar-refractivity contribution in [3.63, 3.8) is 0 Å². The maximum atomic E-state index is 12.1. The zero-order valence-electron chi connectivity index (χ0n) is 10.9. The van der Waals surface area contributed by atoms with Crippen molar-refractivity contribution in [1.82, 2.24) is 4.90 Å². The first-order chi connectivity index (χ1) is 8.34. The molecule has 1 atom stereocenters. The summed E-state index contributed by atoms with van der Waals surface area (Å²) in [7, 11) is 3.18. The Kier molecular flexibility index (Phi) is 2.77. The lowest BCUT2D eigenvalue weighted by Crippen LogP contribution is -2.58. The number of amides is 2. The first-order valence-corrected chi connectivity index (χ1v) is 5.67. The van der Waals surface area contributed by atoms with Crippen LogP contribution in [0.4, 0.5) is 5.69 Å². The third kappa shape index (κ3) is 1.81. The van der Waals surface area contributed by atoms with Crippen LogP contribution in [0.15, 0.2) is 18.2 Å². The van der Waals surface area contributed by atoms with Crippen molar-refractivity contribution in [2.75, 3.05) is 19.4 Å². The molecular weight excluding hydrogens is 232 g/mol. The number of anilines is 1. The molecule has 0 bridgehead atoms. The minimum absolute atomic E-state index is 0.383. The van der Waals surface area contributed by atoms with E-state index in [2.05, 4.69) is 5.32 Å². The van der Waals surface area contributed by atoms with E-state index in [1.807, 2.05) is 19.1 Å². The van der Waals surface area contributed by atoms with Gasteiger partial charge in [-0.15, -0.1) is 0 Å². The van der Waals surface area contributed by atoms with Gasteiger partial charge in [-0.1, -0.05) is 6.07 Å². The highest BCUT2D eigenvalue weighted by atomic mass is 16.5. The Bertz CT molecular complexity index is 525. The van der Waals surface area contributed by atoms with E-state index in [9.17, 15) is 9.59 Å². The molecule has 18 heavy (non-hydrogen) atoms. The average molecular weight is 248 g/mol. The van der Waals surface area contributed by atoms with Gasteiger partial charge in [0.1, 0.15) is 5.75 Å². The Morgan fingerprint density at radius 1 is 1.39 bits per heavy atom. The topological polar surface area (TPSA) is 58.6 Å². The van der Waals surface area contributed by atoms with Crippen LogP contribution >= 0.6 is 0 Å². The van der Waals surface area contributed by atoms with Gasteiger partial charge in [0.2, 0.25) is 0 Å². The summed E-state index contributed by atoms with van der Waals surface area (Å²) in [6.07, 6.45) is 0. The first-order valence-electron chi connectivity index (χ1n) is 5.67. The molecule has 1 heterocycles. The van der Waals surface area contributed by atoms with Gasteiger partial charge in [-0.3, -0.25) is 9.59 Å². The second-order valence-electron chi connectivity index (χ2n) is 4.79. The lowest BCUT2D eigenvalue weighted by atomic mass is 10.0. The van der Waals surface area contributed by atoms with Crippen LogP contribution in [-0.2, 0) is 9.59 Å². The summed E-state index contributed by atoms with van der Waals surface area (Å²) < 4.78 is 5.61. The Balaban J connectivity index is 2.42. The van der Waals surface area contributed by atoms with Crippen LogP contribution in [0, 0.1) is 6.92 Å². The molecule has 2 rings (SSSR count). The second-order valence-corrected chi connectivity index (χ2v) is 4.79. The zero-order valence-corrected chi connectivity index (χ0v) is 10.9. The number of carbonyl (C=O) groups is 2. The number of hydrogen-bond donors (Lipinski definition) is 1. The number of likely N-dealkylation sites (N-methyl/N-ethyl adjacent to an activating group) is 1. The highest BCUT2D eigenvalue weighted by Crippen LogP contribution is 2.34. The lowest BCUT2D eigenvalue weighted by molar-refractivity contribution is -0.152. The smallest absolute Gasteiger partial charge is 0.278 e. The van der Waals surface area contributed by atoms with E-state index in [0.717, 1.165) is 5.56 Å². The molecule has 0 spiro atoms. The minimum Gasteiger partial charge on any atom is -0.466 e. The highest BCUT2D eigenvalue weighted by molar-refractivity contribution is 6.15. The largest absolute Gasteiger partial charge is 0.466 e. The molecule has 1 unspecified atom stereocenters. The predicted octanol–water partition coefficient (Wildman–Crippen LogP) is 1.17. The number of fused-ring (bicyclic) bond motifs is 1. The molecule has 1 aromatic rings. The van der Waals surface area contributed by atoms with Crippen LogP contribution in [0.2, 0.25) is 0 Å². The number of rotatable bonds is 1. The molecule has 0 radical (unpaired) electrons. The molecule has 1 N–H and O–H groups in total. The molecule has 5 heteroatoms. The summed E-state index contributed by atoms with van der Waals surface area (Å²) in [5.74, 6) is -0.316. The molecule has 0 saturated carbocycles. The second kappa shape index (κ2) is 4.01. The van der Waals surface area contributed by atoms with Crippen LogP contribution in [0.1, 0.15) is 12.5 Å². The van der Waals surface area contributed by atoms with Crippen molar-refractivity contribution in [2.24, 2.45) is 0 Å². The molecule has 5 nitrogen and oxygen atoms in total. The summed E-state index contributed by atoms with van der Waals surface area (Å²) in [4.78, 5) is 25.4. The summed E-state index contributed by atoms with van der Waals surface area (Å²) in [5, 5.41) is 2.72. The van der Waals surface area contributed by atoms with Crippen LogP contribution in [0.3, 0.4) is 0 Å². The van der Waals surface area contributed by atoms with Crippen LogP contribution < -0.4 is 10.1 Å². The van der Waals surface area contributed by atoms with Gasteiger partial charge < -0.3 is 15.0 Å². The predicted molar refractivity (Wildman–Crippen MR) is 67.5 cm³/mol. The Morgan fingerprint density at radius 3 is 2.67 bits per heavy atom. The van der Waals surface area contributed by atoms with Crippen LogP contribution in [-0.4, -0.2) is 36.4 Å². The fraction of sp³-hybridized carbons (Fsp3) is 0.385. The molecule has 1 aromatic carbocycles. The fourth-order valence-corrected chi connectivity index (χ4v) is 1.91. The monoisotopic (exact) mass is 248 g/mol. The molecule has 0 saturated heterocycles. The Morgan fingerprint density at radius 2 is 2.06 bits per heavy atom. The van der Waals surface area contributed by atoms with Crippen molar-refractivity contribution in [3.05, 3.63) is 23.8 Å². The molecule has 96 valence electrons. The lowest BCUT2D eigenvalue weighted by Gasteiger charge is -2.34. The minimum atomic E-state index is -1.51. The Labute approximate surface area is 106 Å². The summed E-state index contributed by atoms with van der Waals surface area (Å²) in [6, 6.07) is 5.44. The molecule has 1 aliphatic rings. The standard InChI is InChI=1S/C13H16N2O3/c1-8-5-6-10-9(7-8)14-11(16)13(2,18-10)12(17)15(3)4/h5-7H,1-4H3,(H,14,16). The zero-order chi connectivity index (χ0) is 13.5. The fourth-order valence-electron chi connectivity index (χ4n) is 1.91. The summed E-state index contributed by atoms with van der Waals surface area (Å²) in [5.41, 5.74) is 0.107. The third-order valence-electron chi connectivity index (χ3n) is 2.94. The first kappa shape index (κ1) is 12.4. The Hall–Kier alpha value is -2.04. The average Bonchev–Trinajstić information content (AvgIpc) is 2.30. The van der Waals surface area contributed by atoms with E-state index in [4.69, 9.17) is 4.74 Å². The highest BCUT2D eigenvalue weighted by Gasteiger charge is 2.48. The third-order valence-corrected chi connectivity index (χ3v) is 2.94. The quantitative estimate of drug-likeness (QED) is 0.759. The molecule has 1 aliphatic heterocycles. The number of ether oxygens (including phenoxy) is 1. The van der Waals surface area contributed by atoms with Crippen molar-refractivity contribution in [1.29, 1.82) is 0 Å². The molecule has 0 fully saturated rings. The SMILES string of the molecule is Cc1ccc2c(c1)NC(=O)C(C)(C(=O)N(C)C)O2. The van der Waals surface area contributed by atoms with Crippen molar-refractivity contribution < 1.29 is 14.3 Å². The molecule has 0 aromatic heterocycles. The molecule has 2 amide bonds. The van der Waals surface area contributed by atoms with Gasteiger partial charge in [0.05, 0.1) is 5.69 Å². The number of hydrogen-bond acceptors (Lipinski definition) is 3. The van der Waals surface area contributed by atoms with E-state index in [0.29, 0.717) is 11.4 Å². The van der Waals surface area contributed by atoms with Gasteiger partial charge in [0, 0.05) is 14.1 Å². The van der Waals surface area contributed by atoms with E-state index in [1.54, 1.807) is 20.2 Å². The van der Waals surface area contributed by atoms with Gasteiger partial charge in [-0.05, 0) is 31.5 Å². The van der Waals surface area contributed by atoms with Gasteiger partial charge in [0.15, 0.2) is 0 Å². The number of carbonyl (C=O) groups excluding carboxylic acids is 2. The number of nitrogens with one attached hydrogen (secondary N) is 1. The van der Waals surface area contributed by atoms with Gasteiger partial charge in [-0.25, -0.2) is 0 Å². The maximum absolute atomic E-state index is 12.1. The van der Waals surface area contributed by atoms with E-state index in [-0.39, 0.29) is 5.91 Å². The number of aryl methyl sites for hydroxylation is 1. The molecular formula is C13H16N2O3. The van der Waals surface area contributed by atoms with Crippen molar-refractivity contribution >= 4 is 17.5 Å². The van der Waals surface area contributed by atoms with Gasteiger partial charge in [-0.2, -0.15) is 0 Å². The van der Waals surface area contributed by atoms with E-state index in [1.165, 1.54) is 11.8 Å². The van der Waals surface area contributed by atoms with E-state index < -0.39 is 11.5 Å². The van der Waals surface area contributed by atoms with Crippen molar-refractivity contribution in [3.8, 4) is 5.75 Å². The van der Waals surface area contributed by atoms with Gasteiger partial charge >= 0.3 is 0 Å². The maximum Gasteiger partial charge on any atom is 0.278 e. The van der Waals surface area contributed by atoms with Crippen molar-refractivity contribution in [2.45, 2.75) is 19.4 Å². The van der Waals surface area contributed by atoms with Crippen LogP contribution in [0.5, 0.6) is 5.75 Å². The molecule has 0 aliphatic carbocycles. The normalized spacial score (nSPS) is 21.7. The number of benzene rings is 1. The summed E-state index contributed by atoms with van der Waals surface area (Å²) >= 11 is 0. The van der Waals surface area contributed by atoms with Gasteiger partial charge in [0.25, 0.3) is 17.4 Å². The summed E-state index contributed by atoms with van der Waals surface area (Å²) in [6.45, 7) is 3.40.